The minimum absolute atomic E-state index is 0.0123. The number of nitrogens with two attached hydrogens (primary N) is 1. The Morgan fingerprint density at radius 3 is 2.90 bits per heavy atom. The smallest absolute Gasteiger partial charge is 0.229 e. The van der Waals surface area contributed by atoms with Crippen LogP contribution >= 0.6 is 0 Å². The van der Waals surface area contributed by atoms with Crippen LogP contribution < -0.4 is 11.1 Å². The van der Waals surface area contributed by atoms with Gasteiger partial charge in [-0.3, -0.25) is 4.79 Å². The van der Waals surface area contributed by atoms with Crippen LogP contribution in [0.1, 0.15) is 24.5 Å². The molecule has 108 valence electrons. The third-order valence-corrected chi connectivity index (χ3v) is 3.47. The van der Waals surface area contributed by atoms with Gasteiger partial charge in [-0.2, -0.15) is 0 Å². The molecule has 0 spiro atoms. The monoisotopic (exact) mass is 277 g/mol. The van der Waals surface area contributed by atoms with E-state index in [1.165, 1.54) is 0 Å². The van der Waals surface area contributed by atoms with Crippen LogP contribution in [0.3, 0.4) is 0 Å². The second kappa shape index (κ2) is 5.92. The van der Waals surface area contributed by atoms with E-state index in [0.717, 1.165) is 12.0 Å². The lowest BCUT2D eigenvalue weighted by molar-refractivity contribution is -0.119. The van der Waals surface area contributed by atoms with Gasteiger partial charge in [0.2, 0.25) is 5.91 Å². The van der Waals surface area contributed by atoms with Crippen LogP contribution in [0.15, 0.2) is 23.4 Å². The molecule has 0 radical (unpaired) electrons. The Hall–Kier alpha value is -2.08. The SMILES string of the molecule is Cc1ccc(/C(N)=N/O)cc1NC(=O)C1COC(C)C1. The maximum absolute atomic E-state index is 12.2. The molecular weight excluding hydrogens is 258 g/mol. The number of benzene rings is 1. The Morgan fingerprint density at radius 2 is 2.30 bits per heavy atom. The quantitative estimate of drug-likeness (QED) is 0.337. The van der Waals surface area contributed by atoms with Crippen molar-refractivity contribution in [2.45, 2.75) is 26.4 Å². The van der Waals surface area contributed by atoms with Crippen molar-refractivity contribution in [2.75, 3.05) is 11.9 Å². The number of nitrogens with zero attached hydrogens (tertiary/aromatic N) is 1. The molecule has 2 atom stereocenters. The van der Waals surface area contributed by atoms with Crippen molar-refractivity contribution in [1.82, 2.24) is 0 Å². The molecule has 1 heterocycles. The number of hydrogen-bond acceptors (Lipinski definition) is 4. The minimum atomic E-state index is -0.128. The maximum Gasteiger partial charge on any atom is 0.229 e. The first kappa shape index (κ1) is 14.3. The average molecular weight is 277 g/mol. The summed E-state index contributed by atoms with van der Waals surface area (Å²) in [5, 5.41) is 14.5. The minimum Gasteiger partial charge on any atom is -0.409 e. The van der Waals surface area contributed by atoms with Crippen molar-refractivity contribution in [1.29, 1.82) is 0 Å². The van der Waals surface area contributed by atoms with Crippen LogP contribution in [-0.4, -0.2) is 29.7 Å². The summed E-state index contributed by atoms with van der Waals surface area (Å²) in [4.78, 5) is 12.2. The largest absolute Gasteiger partial charge is 0.409 e. The van der Waals surface area contributed by atoms with Gasteiger partial charge in [-0.1, -0.05) is 17.3 Å². The molecule has 1 aromatic carbocycles. The van der Waals surface area contributed by atoms with Crippen molar-refractivity contribution >= 4 is 17.4 Å². The van der Waals surface area contributed by atoms with E-state index in [2.05, 4.69) is 10.5 Å². The molecule has 0 saturated carbocycles. The van der Waals surface area contributed by atoms with Crippen LogP contribution in [-0.2, 0) is 9.53 Å². The van der Waals surface area contributed by atoms with E-state index in [0.29, 0.717) is 17.9 Å². The Morgan fingerprint density at radius 1 is 1.55 bits per heavy atom. The van der Waals surface area contributed by atoms with Crippen molar-refractivity contribution in [2.24, 2.45) is 16.8 Å². The van der Waals surface area contributed by atoms with Crippen LogP contribution in [0.2, 0.25) is 0 Å². The van der Waals surface area contributed by atoms with E-state index < -0.39 is 0 Å². The van der Waals surface area contributed by atoms with Gasteiger partial charge in [0.05, 0.1) is 18.6 Å². The van der Waals surface area contributed by atoms with Gasteiger partial charge < -0.3 is 21.0 Å². The molecule has 1 saturated heterocycles. The number of amides is 1. The fourth-order valence-corrected chi connectivity index (χ4v) is 2.21. The fourth-order valence-electron chi connectivity index (χ4n) is 2.21. The third-order valence-electron chi connectivity index (χ3n) is 3.47. The van der Waals surface area contributed by atoms with E-state index in [1.54, 1.807) is 12.1 Å². The average Bonchev–Trinajstić information content (AvgIpc) is 2.87. The Bertz CT molecular complexity index is 542. The lowest BCUT2D eigenvalue weighted by Gasteiger charge is -2.13. The predicted molar refractivity (Wildman–Crippen MR) is 75.8 cm³/mol. The zero-order valence-electron chi connectivity index (χ0n) is 11.6. The summed E-state index contributed by atoms with van der Waals surface area (Å²) in [5.41, 5.74) is 7.69. The molecule has 1 amide bonds. The van der Waals surface area contributed by atoms with Gasteiger partial charge in [0.15, 0.2) is 5.84 Å². The molecule has 4 N–H and O–H groups in total. The number of anilines is 1. The van der Waals surface area contributed by atoms with Gasteiger partial charge in [0.1, 0.15) is 0 Å². The van der Waals surface area contributed by atoms with Crippen molar-refractivity contribution in [3.05, 3.63) is 29.3 Å². The summed E-state index contributed by atoms with van der Waals surface area (Å²) >= 11 is 0. The number of amidine groups is 1. The highest BCUT2D eigenvalue weighted by molar-refractivity contribution is 6.00. The number of hydrogen-bond donors (Lipinski definition) is 3. The molecule has 1 aliphatic heterocycles. The van der Waals surface area contributed by atoms with E-state index in [-0.39, 0.29) is 23.8 Å². The molecule has 0 aliphatic carbocycles. The molecule has 1 aromatic rings. The predicted octanol–water partition coefficient (Wildman–Crippen LogP) is 1.45. The number of nitrogens with one attached hydrogen (secondary N) is 1. The zero-order chi connectivity index (χ0) is 14.7. The second-order valence-electron chi connectivity index (χ2n) is 5.08. The lowest BCUT2D eigenvalue weighted by atomic mass is 10.0. The molecule has 2 unspecified atom stereocenters. The number of aryl methyl sites for hydroxylation is 1. The Labute approximate surface area is 117 Å². The first-order chi connectivity index (χ1) is 9.51. The zero-order valence-corrected chi connectivity index (χ0v) is 11.6. The standard InChI is InChI=1S/C14H19N3O3/c1-8-3-4-10(13(15)17-19)6-12(8)16-14(18)11-5-9(2)20-7-11/h3-4,6,9,11,19H,5,7H2,1-2H3,(H2,15,17)(H,16,18). The van der Waals surface area contributed by atoms with Crippen molar-refractivity contribution < 1.29 is 14.7 Å². The van der Waals surface area contributed by atoms with Crippen LogP contribution in [0.4, 0.5) is 5.69 Å². The summed E-state index contributed by atoms with van der Waals surface area (Å²) in [6.07, 6.45) is 0.848. The number of carbonyl (C=O) groups excluding carboxylic acids is 1. The molecule has 6 heteroatoms. The van der Waals surface area contributed by atoms with E-state index in [9.17, 15) is 4.79 Å². The van der Waals surface area contributed by atoms with Gasteiger partial charge in [0, 0.05) is 11.3 Å². The number of carbonyl (C=O) groups is 1. The highest BCUT2D eigenvalue weighted by atomic mass is 16.5. The molecule has 2 rings (SSSR count). The van der Waals surface area contributed by atoms with E-state index in [1.807, 2.05) is 19.9 Å². The number of rotatable bonds is 3. The van der Waals surface area contributed by atoms with E-state index >= 15 is 0 Å². The fraction of sp³-hybridized carbons (Fsp3) is 0.429. The molecule has 6 nitrogen and oxygen atoms in total. The van der Waals surface area contributed by atoms with Crippen LogP contribution in [0.25, 0.3) is 0 Å². The molecule has 0 bridgehead atoms. The summed E-state index contributed by atoms with van der Waals surface area (Å²) in [5.74, 6) is -0.177. The number of oxime groups is 1. The third kappa shape index (κ3) is 3.08. The number of ether oxygens (including phenoxy) is 1. The highest BCUT2D eigenvalue weighted by Gasteiger charge is 2.28. The summed E-state index contributed by atoms with van der Waals surface area (Å²) in [6.45, 7) is 4.29. The first-order valence-electron chi connectivity index (χ1n) is 6.52. The maximum atomic E-state index is 12.2. The van der Waals surface area contributed by atoms with Crippen LogP contribution in [0.5, 0.6) is 0 Å². The van der Waals surface area contributed by atoms with Gasteiger partial charge in [0.25, 0.3) is 0 Å². The van der Waals surface area contributed by atoms with Gasteiger partial charge in [-0.25, -0.2) is 0 Å². The Kier molecular flexibility index (Phi) is 4.24. The summed E-state index contributed by atoms with van der Waals surface area (Å²) in [7, 11) is 0. The molecule has 0 aromatic heterocycles. The molecule has 20 heavy (non-hydrogen) atoms. The van der Waals surface area contributed by atoms with Crippen molar-refractivity contribution in [3.8, 4) is 0 Å². The van der Waals surface area contributed by atoms with Crippen molar-refractivity contribution in [3.63, 3.8) is 0 Å². The van der Waals surface area contributed by atoms with Crippen LogP contribution in [0, 0.1) is 12.8 Å². The molecule has 1 fully saturated rings. The van der Waals surface area contributed by atoms with E-state index in [4.69, 9.17) is 15.7 Å². The summed E-state index contributed by atoms with van der Waals surface area (Å²) in [6, 6.07) is 5.25. The first-order valence-corrected chi connectivity index (χ1v) is 6.52. The van der Waals surface area contributed by atoms with Gasteiger partial charge >= 0.3 is 0 Å². The normalized spacial score (nSPS) is 22.8. The summed E-state index contributed by atoms with van der Waals surface area (Å²) < 4.78 is 5.40. The molecule has 1 aliphatic rings. The molecular formula is C14H19N3O3. The lowest BCUT2D eigenvalue weighted by Crippen LogP contribution is -2.24. The second-order valence-corrected chi connectivity index (χ2v) is 5.08. The van der Waals surface area contributed by atoms with Gasteiger partial charge in [-0.15, -0.1) is 0 Å². The Balaban J connectivity index is 2.14. The topological polar surface area (TPSA) is 96.9 Å². The highest BCUT2D eigenvalue weighted by Crippen LogP contribution is 2.23. The van der Waals surface area contributed by atoms with Gasteiger partial charge in [-0.05, 0) is 31.9 Å².